The Morgan fingerprint density at radius 2 is 1.78 bits per heavy atom. The van der Waals surface area contributed by atoms with Crippen molar-refractivity contribution >= 4 is 44.7 Å². The predicted octanol–water partition coefficient (Wildman–Crippen LogP) is 3.76. The van der Waals surface area contributed by atoms with E-state index >= 15 is 0 Å². The van der Waals surface area contributed by atoms with Gasteiger partial charge in [-0.3, -0.25) is 9.36 Å². The number of hydrogen-bond donors (Lipinski definition) is 2. The molecule has 4 rings (SSSR count). The molecule has 4 aromatic rings. The molecule has 2 heterocycles. The monoisotopic (exact) mass is 485 g/mol. The second-order valence-electron chi connectivity index (χ2n) is 6.77. The lowest BCUT2D eigenvalue weighted by Gasteiger charge is -2.14. The lowest BCUT2D eigenvalue weighted by Crippen LogP contribution is -2.23. The number of nitrogens with two attached hydrogens (primary N) is 1. The first-order chi connectivity index (χ1) is 15.3. The van der Waals surface area contributed by atoms with Crippen LogP contribution in [-0.2, 0) is 14.8 Å². The molecule has 8 nitrogen and oxygen atoms in total. The molecule has 0 saturated heterocycles. The molecule has 0 unspecified atom stereocenters. The van der Waals surface area contributed by atoms with Crippen molar-refractivity contribution in [3.63, 3.8) is 0 Å². The predicted molar refractivity (Wildman–Crippen MR) is 126 cm³/mol. The van der Waals surface area contributed by atoms with Gasteiger partial charge < -0.3 is 5.32 Å². The van der Waals surface area contributed by atoms with Gasteiger partial charge in [0.15, 0.2) is 11.0 Å². The number of carbonyl (C=O) groups excluding carboxylic acids is 1. The second-order valence-corrected chi connectivity index (χ2v) is 10.6. The Kier molecular flexibility index (Phi) is 6.42. The molecule has 11 heteroatoms. The minimum absolute atomic E-state index is 0.0185. The van der Waals surface area contributed by atoms with Crippen molar-refractivity contribution in [2.45, 2.75) is 22.2 Å². The molecule has 0 radical (unpaired) electrons. The number of amides is 1. The van der Waals surface area contributed by atoms with E-state index in [-0.39, 0.29) is 10.8 Å². The summed E-state index contributed by atoms with van der Waals surface area (Å²) in [5.74, 6) is 0.457. The Bertz CT molecular complexity index is 1320. The van der Waals surface area contributed by atoms with Crippen molar-refractivity contribution in [3.8, 4) is 16.4 Å². The largest absolute Gasteiger partial charge is 0.325 e. The van der Waals surface area contributed by atoms with Gasteiger partial charge in [-0.1, -0.05) is 36.0 Å². The fourth-order valence-electron chi connectivity index (χ4n) is 2.90. The minimum Gasteiger partial charge on any atom is -0.325 e. The number of nitrogens with zero attached hydrogens (tertiary/aromatic N) is 3. The Morgan fingerprint density at radius 1 is 1.06 bits per heavy atom. The molecular formula is C21H19N5O3S3. The molecular weight excluding hydrogens is 466 g/mol. The van der Waals surface area contributed by atoms with Crippen molar-refractivity contribution in [1.29, 1.82) is 0 Å². The number of para-hydroxylation sites is 1. The highest BCUT2D eigenvalue weighted by molar-refractivity contribution is 8.00. The van der Waals surface area contributed by atoms with Gasteiger partial charge in [-0.2, -0.15) is 0 Å². The van der Waals surface area contributed by atoms with Crippen LogP contribution >= 0.6 is 23.1 Å². The lowest BCUT2D eigenvalue weighted by atomic mass is 10.3. The maximum absolute atomic E-state index is 12.8. The molecule has 1 amide bonds. The summed E-state index contributed by atoms with van der Waals surface area (Å²) in [6.07, 6.45) is 0. The average molecular weight is 486 g/mol. The first kappa shape index (κ1) is 22.2. The summed E-state index contributed by atoms with van der Waals surface area (Å²) in [6.45, 7) is 1.77. The number of sulfonamides is 1. The van der Waals surface area contributed by atoms with E-state index in [9.17, 15) is 13.2 Å². The van der Waals surface area contributed by atoms with Gasteiger partial charge in [0.2, 0.25) is 15.9 Å². The molecule has 1 atom stereocenters. The third kappa shape index (κ3) is 4.91. The van der Waals surface area contributed by atoms with Crippen LogP contribution in [-0.4, -0.2) is 34.3 Å². The van der Waals surface area contributed by atoms with E-state index in [2.05, 4.69) is 15.5 Å². The van der Waals surface area contributed by atoms with E-state index in [1.54, 1.807) is 18.3 Å². The van der Waals surface area contributed by atoms with Crippen LogP contribution in [0, 0.1) is 0 Å². The van der Waals surface area contributed by atoms with Crippen LogP contribution < -0.4 is 10.5 Å². The Balaban J connectivity index is 1.55. The number of rotatable bonds is 7. The van der Waals surface area contributed by atoms with Crippen LogP contribution in [0.4, 0.5) is 5.69 Å². The van der Waals surface area contributed by atoms with Crippen molar-refractivity contribution in [2.75, 3.05) is 5.32 Å². The molecule has 2 aromatic carbocycles. The fraction of sp³-hybridized carbons (Fsp3) is 0.0952. The van der Waals surface area contributed by atoms with E-state index in [1.165, 1.54) is 36.0 Å². The third-order valence-electron chi connectivity index (χ3n) is 4.49. The SMILES string of the molecule is C[C@@H](Sc1nnc(-c2cccs2)n1-c1ccccc1)C(=O)Nc1ccc(S(N)(=O)=O)cc1. The summed E-state index contributed by atoms with van der Waals surface area (Å²) in [5, 5.41) is 18.7. The smallest absolute Gasteiger partial charge is 0.238 e. The Labute approximate surface area is 193 Å². The number of hydrogen-bond acceptors (Lipinski definition) is 7. The molecule has 0 fully saturated rings. The fourth-order valence-corrected chi connectivity index (χ4v) is 4.99. The number of nitrogens with one attached hydrogen (secondary N) is 1. The van der Waals surface area contributed by atoms with Gasteiger partial charge in [0, 0.05) is 11.4 Å². The highest BCUT2D eigenvalue weighted by atomic mass is 32.2. The zero-order valence-corrected chi connectivity index (χ0v) is 19.3. The molecule has 0 aliphatic heterocycles. The molecule has 32 heavy (non-hydrogen) atoms. The zero-order valence-electron chi connectivity index (χ0n) is 16.9. The van der Waals surface area contributed by atoms with Crippen molar-refractivity contribution < 1.29 is 13.2 Å². The normalized spacial score (nSPS) is 12.4. The number of primary sulfonamides is 1. The number of carbonyl (C=O) groups is 1. The average Bonchev–Trinajstić information content (AvgIpc) is 3.44. The number of aromatic nitrogens is 3. The standard InChI is InChI=1S/C21H19N5O3S3/c1-14(20(27)23-15-9-11-17(12-10-15)32(22,28)29)31-21-25-24-19(18-8-5-13-30-18)26(21)16-6-3-2-4-7-16/h2-14H,1H3,(H,23,27)(H2,22,28,29)/t14-/m1/s1. The summed E-state index contributed by atoms with van der Waals surface area (Å²) in [5.41, 5.74) is 1.37. The second kappa shape index (κ2) is 9.25. The first-order valence-electron chi connectivity index (χ1n) is 9.48. The van der Waals surface area contributed by atoms with Crippen LogP contribution in [0.25, 0.3) is 16.4 Å². The molecule has 0 bridgehead atoms. The van der Waals surface area contributed by atoms with E-state index in [0.717, 1.165) is 10.6 Å². The summed E-state index contributed by atoms with van der Waals surface area (Å²) in [4.78, 5) is 13.7. The molecule has 0 aliphatic rings. The Hall–Kier alpha value is -2.99. The van der Waals surface area contributed by atoms with E-state index in [1.807, 2.05) is 52.4 Å². The molecule has 0 saturated carbocycles. The van der Waals surface area contributed by atoms with Crippen LogP contribution in [0.5, 0.6) is 0 Å². The molecule has 2 aromatic heterocycles. The van der Waals surface area contributed by atoms with E-state index in [4.69, 9.17) is 5.14 Å². The van der Waals surface area contributed by atoms with Gasteiger partial charge in [-0.05, 0) is 54.8 Å². The quantitative estimate of drug-likeness (QED) is 0.385. The number of benzene rings is 2. The molecule has 3 N–H and O–H groups in total. The molecule has 0 aliphatic carbocycles. The van der Waals surface area contributed by atoms with Gasteiger partial charge in [0.25, 0.3) is 0 Å². The molecule has 164 valence electrons. The summed E-state index contributed by atoms with van der Waals surface area (Å²) >= 11 is 2.85. The van der Waals surface area contributed by atoms with Crippen LogP contribution in [0.2, 0.25) is 0 Å². The summed E-state index contributed by atoms with van der Waals surface area (Å²) in [7, 11) is -3.79. The third-order valence-corrected chi connectivity index (χ3v) is 7.33. The maximum atomic E-state index is 12.8. The van der Waals surface area contributed by atoms with E-state index in [0.29, 0.717) is 16.7 Å². The Morgan fingerprint density at radius 3 is 2.41 bits per heavy atom. The number of anilines is 1. The van der Waals surface area contributed by atoms with Crippen LogP contribution in [0.15, 0.2) is 82.2 Å². The van der Waals surface area contributed by atoms with Crippen LogP contribution in [0.3, 0.4) is 0 Å². The maximum Gasteiger partial charge on any atom is 0.238 e. The van der Waals surface area contributed by atoms with Gasteiger partial charge in [0.05, 0.1) is 15.0 Å². The minimum atomic E-state index is -3.79. The highest BCUT2D eigenvalue weighted by Gasteiger charge is 2.22. The first-order valence-corrected chi connectivity index (χ1v) is 12.8. The lowest BCUT2D eigenvalue weighted by molar-refractivity contribution is -0.115. The number of thiophene rings is 1. The van der Waals surface area contributed by atoms with Gasteiger partial charge in [-0.25, -0.2) is 13.6 Å². The van der Waals surface area contributed by atoms with E-state index < -0.39 is 15.3 Å². The number of thioether (sulfide) groups is 1. The van der Waals surface area contributed by atoms with Gasteiger partial charge in [0.1, 0.15) is 0 Å². The van der Waals surface area contributed by atoms with Gasteiger partial charge >= 0.3 is 0 Å². The summed E-state index contributed by atoms with van der Waals surface area (Å²) < 4.78 is 24.7. The van der Waals surface area contributed by atoms with Crippen molar-refractivity contribution in [1.82, 2.24) is 14.8 Å². The highest BCUT2D eigenvalue weighted by Crippen LogP contribution is 2.32. The van der Waals surface area contributed by atoms with Gasteiger partial charge in [-0.15, -0.1) is 21.5 Å². The zero-order chi connectivity index (χ0) is 22.7. The summed E-state index contributed by atoms with van der Waals surface area (Å²) in [6, 6.07) is 19.3. The van der Waals surface area contributed by atoms with Crippen molar-refractivity contribution in [2.24, 2.45) is 5.14 Å². The van der Waals surface area contributed by atoms with Crippen LogP contribution in [0.1, 0.15) is 6.92 Å². The topological polar surface area (TPSA) is 120 Å². The van der Waals surface area contributed by atoms with Crippen molar-refractivity contribution in [3.05, 3.63) is 72.1 Å². The molecule has 0 spiro atoms.